The van der Waals surface area contributed by atoms with E-state index in [9.17, 15) is 26.7 Å². The fourth-order valence-electron chi connectivity index (χ4n) is 3.74. The van der Waals surface area contributed by atoms with Gasteiger partial charge in [0.05, 0.1) is 23.3 Å². The molecule has 42 heavy (non-hydrogen) atoms. The molecule has 0 atom stereocenters. The summed E-state index contributed by atoms with van der Waals surface area (Å²) in [6.07, 6.45) is -8.50. The molecule has 0 bridgehead atoms. The van der Waals surface area contributed by atoms with Gasteiger partial charge in [-0.05, 0) is 54.8 Å². The Kier molecular flexibility index (Phi) is 9.05. The van der Waals surface area contributed by atoms with Crippen LogP contribution in [0, 0.1) is 13.8 Å². The molecule has 0 spiro atoms. The van der Waals surface area contributed by atoms with E-state index < -0.39 is 18.0 Å². The monoisotopic (exact) mass is 602 g/mol. The van der Waals surface area contributed by atoms with Gasteiger partial charge >= 0.3 is 12.3 Å². The summed E-state index contributed by atoms with van der Waals surface area (Å²) in [5.41, 5.74) is 10.2. The van der Waals surface area contributed by atoms with E-state index in [2.05, 4.69) is 24.9 Å². The number of thioether (sulfide) groups is 1. The summed E-state index contributed by atoms with van der Waals surface area (Å²) in [6, 6.07) is 16.9. The van der Waals surface area contributed by atoms with Crippen molar-refractivity contribution in [1.82, 2.24) is 0 Å². The Morgan fingerprint density at radius 1 is 0.976 bits per heavy atom. The second-order valence-electron chi connectivity index (χ2n) is 8.88. The number of amidine groups is 2. The van der Waals surface area contributed by atoms with Crippen LogP contribution < -0.4 is 15.4 Å². The van der Waals surface area contributed by atoms with Crippen LogP contribution >= 0.6 is 11.8 Å². The third kappa shape index (κ3) is 7.18. The molecule has 4 rings (SSSR count). The van der Waals surface area contributed by atoms with E-state index in [4.69, 9.17) is 5.73 Å². The van der Waals surface area contributed by atoms with Gasteiger partial charge in [0.1, 0.15) is 17.9 Å². The molecule has 8 nitrogen and oxygen atoms in total. The molecular weight excluding hydrogens is 579 g/mol. The van der Waals surface area contributed by atoms with Crippen molar-refractivity contribution in [2.45, 2.75) is 26.1 Å². The first-order valence-electron chi connectivity index (χ1n) is 12.2. The molecule has 1 amide bonds. The SMILES string of the molecule is Cc1cccc(C)c1N1C(=O)CS/C1=N\N=C\c1ccc(C(N)=NC=Nc2ccc(OC(F)(F)C(F)(F)F)cc2)cc1. The van der Waals surface area contributed by atoms with Crippen molar-refractivity contribution in [2.24, 2.45) is 25.9 Å². The Balaban J connectivity index is 1.38. The number of aliphatic imine (C=N–C) groups is 2. The molecule has 3 aromatic rings. The first-order valence-corrected chi connectivity index (χ1v) is 13.2. The number of hydrogen-bond acceptors (Lipinski definition) is 6. The molecule has 1 aliphatic heterocycles. The third-order valence-corrected chi connectivity index (χ3v) is 6.72. The molecule has 218 valence electrons. The zero-order valence-corrected chi connectivity index (χ0v) is 23.0. The minimum absolute atomic E-state index is 0.0642. The highest BCUT2D eigenvalue weighted by Crippen LogP contribution is 2.37. The van der Waals surface area contributed by atoms with Gasteiger partial charge in [-0.25, -0.2) is 9.98 Å². The zero-order chi connectivity index (χ0) is 30.5. The molecule has 1 aliphatic rings. The fraction of sp³-hybridized carbons (Fsp3) is 0.179. The van der Waals surface area contributed by atoms with E-state index in [1.165, 1.54) is 30.1 Å². The summed E-state index contributed by atoms with van der Waals surface area (Å²) in [6.45, 7) is 3.87. The zero-order valence-electron chi connectivity index (χ0n) is 22.1. The Morgan fingerprint density at radius 3 is 2.24 bits per heavy atom. The highest BCUT2D eigenvalue weighted by Gasteiger charge is 2.61. The summed E-state index contributed by atoms with van der Waals surface area (Å²) >= 11 is 1.31. The summed E-state index contributed by atoms with van der Waals surface area (Å²) in [5, 5.41) is 8.90. The van der Waals surface area contributed by atoms with E-state index >= 15 is 0 Å². The summed E-state index contributed by atoms with van der Waals surface area (Å²) < 4.78 is 66.5. The average molecular weight is 603 g/mol. The van der Waals surface area contributed by atoms with Crippen molar-refractivity contribution in [1.29, 1.82) is 0 Å². The van der Waals surface area contributed by atoms with Crippen LogP contribution in [0.25, 0.3) is 0 Å². The van der Waals surface area contributed by atoms with Gasteiger partial charge in [0.2, 0.25) is 5.91 Å². The molecule has 1 heterocycles. The van der Waals surface area contributed by atoms with Crippen LogP contribution in [0.2, 0.25) is 0 Å². The Morgan fingerprint density at radius 2 is 1.62 bits per heavy atom. The highest BCUT2D eigenvalue weighted by molar-refractivity contribution is 8.15. The third-order valence-electron chi connectivity index (χ3n) is 5.80. The number of hydrogen-bond donors (Lipinski definition) is 1. The number of alkyl halides is 5. The van der Waals surface area contributed by atoms with Crippen LogP contribution in [-0.4, -0.2) is 47.5 Å². The summed E-state index contributed by atoms with van der Waals surface area (Å²) in [5.74, 6) is -0.342. The van der Waals surface area contributed by atoms with Crippen LogP contribution in [0.15, 0.2) is 86.9 Å². The molecule has 0 aromatic heterocycles. The van der Waals surface area contributed by atoms with Crippen molar-refractivity contribution in [3.8, 4) is 5.75 Å². The standard InChI is InChI=1S/C28H23F5N6O2S/c1-17-4-3-5-18(2)24(17)39-23(40)15-42-26(39)38-37-14-19-6-8-20(9-7-19)25(34)36-16-35-21-10-12-22(13-11-21)41-28(32,33)27(29,30)31/h3-14,16H,15H2,1-2H3,(H2,34,35,36)/b37-14+,38-26-. The number of aryl methyl sites for hydroxylation is 2. The van der Waals surface area contributed by atoms with Crippen molar-refractivity contribution in [2.75, 3.05) is 10.7 Å². The van der Waals surface area contributed by atoms with Crippen molar-refractivity contribution in [3.05, 3.63) is 89.0 Å². The first kappa shape index (κ1) is 30.4. The lowest BCUT2D eigenvalue weighted by atomic mass is 10.1. The number of amides is 1. The lowest BCUT2D eigenvalue weighted by Crippen LogP contribution is -2.41. The number of carbonyl (C=O) groups is 1. The molecule has 1 fully saturated rings. The molecule has 0 unspecified atom stereocenters. The number of nitrogens with two attached hydrogens (primary N) is 1. The molecule has 3 aromatic carbocycles. The number of ether oxygens (including phenoxy) is 1. The normalized spacial score (nSPS) is 15.9. The van der Waals surface area contributed by atoms with E-state index in [1.54, 1.807) is 29.2 Å². The number of nitrogens with zero attached hydrogens (tertiary/aromatic N) is 5. The lowest BCUT2D eigenvalue weighted by molar-refractivity contribution is -0.360. The molecule has 0 saturated carbocycles. The van der Waals surface area contributed by atoms with Gasteiger partial charge in [-0.2, -0.15) is 27.1 Å². The maximum absolute atomic E-state index is 13.0. The maximum Gasteiger partial charge on any atom is 0.499 e. The van der Waals surface area contributed by atoms with E-state index in [0.29, 0.717) is 10.7 Å². The predicted octanol–water partition coefficient (Wildman–Crippen LogP) is 6.37. The molecule has 0 aliphatic carbocycles. The molecule has 0 radical (unpaired) electrons. The molecule has 1 saturated heterocycles. The quantitative estimate of drug-likeness (QED) is 0.140. The Bertz CT molecular complexity index is 1550. The number of benzene rings is 3. The van der Waals surface area contributed by atoms with Crippen molar-refractivity contribution >= 4 is 52.6 Å². The Hall–Kier alpha value is -4.59. The van der Waals surface area contributed by atoms with Crippen LogP contribution in [-0.2, 0) is 4.79 Å². The van der Waals surface area contributed by atoms with E-state index in [1.807, 2.05) is 32.0 Å². The molecule has 2 N–H and O–H groups in total. The van der Waals surface area contributed by atoms with Crippen molar-refractivity contribution in [3.63, 3.8) is 0 Å². The highest BCUT2D eigenvalue weighted by atomic mass is 32.2. The number of rotatable bonds is 8. The largest absolute Gasteiger partial charge is 0.499 e. The van der Waals surface area contributed by atoms with Gasteiger partial charge in [-0.15, -0.1) is 5.10 Å². The minimum atomic E-state index is -5.84. The number of halogens is 5. The smallest absolute Gasteiger partial charge is 0.426 e. The minimum Gasteiger partial charge on any atom is -0.426 e. The van der Waals surface area contributed by atoms with Gasteiger partial charge in [-0.1, -0.05) is 54.2 Å². The summed E-state index contributed by atoms with van der Waals surface area (Å²) in [7, 11) is 0. The maximum atomic E-state index is 13.0. The Labute approximate surface area is 241 Å². The molecular formula is C28H23F5N6O2S. The van der Waals surface area contributed by atoms with Gasteiger partial charge < -0.3 is 10.5 Å². The topological polar surface area (TPSA) is 105 Å². The molecule has 14 heteroatoms. The number of carbonyl (C=O) groups excluding carboxylic acids is 1. The van der Waals surface area contributed by atoms with E-state index in [0.717, 1.165) is 40.8 Å². The predicted molar refractivity (Wildman–Crippen MR) is 154 cm³/mol. The van der Waals surface area contributed by atoms with Gasteiger partial charge in [0.15, 0.2) is 5.17 Å². The van der Waals surface area contributed by atoms with Crippen LogP contribution in [0.1, 0.15) is 22.3 Å². The number of anilines is 1. The van der Waals surface area contributed by atoms with Gasteiger partial charge in [0.25, 0.3) is 0 Å². The van der Waals surface area contributed by atoms with Crippen LogP contribution in [0.3, 0.4) is 0 Å². The second kappa shape index (κ2) is 12.5. The number of para-hydroxylation sites is 1. The second-order valence-corrected chi connectivity index (χ2v) is 9.82. The van der Waals surface area contributed by atoms with Crippen LogP contribution in [0.4, 0.5) is 33.3 Å². The van der Waals surface area contributed by atoms with Gasteiger partial charge in [0, 0.05) is 5.56 Å². The van der Waals surface area contributed by atoms with E-state index in [-0.39, 0.29) is 23.2 Å². The van der Waals surface area contributed by atoms with Gasteiger partial charge in [-0.3, -0.25) is 9.69 Å². The van der Waals surface area contributed by atoms with Crippen LogP contribution in [0.5, 0.6) is 5.75 Å². The fourth-order valence-corrected chi connectivity index (χ4v) is 4.55. The summed E-state index contributed by atoms with van der Waals surface area (Å²) in [4.78, 5) is 22.1. The average Bonchev–Trinajstić information content (AvgIpc) is 3.28. The lowest BCUT2D eigenvalue weighted by Gasteiger charge is -2.20. The first-order chi connectivity index (χ1) is 19.9. The van der Waals surface area contributed by atoms with Crippen molar-refractivity contribution < 1.29 is 31.5 Å².